The molecule has 1 aromatic rings. The first-order valence-electron chi connectivity index (χ1n) is 4.46. The molecular formula is C9H12F2N2O2. The fourth-order valence-corrected chi connectivity index (χ4v) is 1.20. The molecule has 0 fully saturated rings. The summed E-state index contributed by atoms with van der Waals surface area (Å²) >= 11 is 0. The number of halogens is 2. The summed E-state index contributed by atoms with van der Waals surface area (Å²) in [6.45, 7) is 3.13. The van der Waals surface area contributed by atoms with Crippen molar-refractivity contribution in [2.24, 2.45) is 5.92 Å². The number of carboxylic acid groups (broad SMARTS) is 1. The van der Waals surface area contributed by atoms with Crippen molar-refractivity contribution in [3.05, 3.63) is 17.5 Å². The molecule has 1 atom stereocenters. The van der Waals surface area contributed by atoms with Gasteiger partial charge < -0.3 is 5.11 Å². The maximum atomic E-state index is 12.3. The first kappa shape index (κ1) is 11.6. The second-order valence-corrected chi connectivity index (χ2v) is 3.46. The van der Waals surface area contributed by atoms with E-state index in [0.717, 1.165) is 0 Å². The minimum Gasteiger partial charge on any atom is -0.481 e. The highest BCUT2D eigenvalue weighted by atomic mass is 19.3. The molecule has 15 heavy (non-hydrogen) atoms. The smallest absolute Gasteiger partial charge is 0.308 e. The van der Waals surface area contributed by atoms with E-state index < -0.39 is 18.3 Å². The predicted octanol–water partition coefficient (Wildman–Crippen LogP) is 1.85. The highest BCUT2D eigenvalue weighted by Gasteiger charge is 2.17. The molecule has 84 valence electrons. The molecule has 0 radical (unpaired) electrons. The quantitative estimate of drug-likeness (QED) is 0.839. The average Bonchev–Trinajstić information content (AvgIpc) is 2.46. The molecule has 0 aliphatic rings. The molecule has 0 saturated carbocycles. The molecule has 1 heterocycles. The zero-order valence-corrected chi connectivity index (χ0v) is 8.44. The largest absolute Gasteiger partial charge is 0.481 e. The molecule has 0 spiro atoms. The summed E-state index contributed by atoms with van der Waals surface area (Å²) < 4.78 is 25.9. The Morgan fingerprint density at radius 2 is 2.27 bits per heavy atom. The van der Waals surface area contributed by atoms with Crippen LogP contribution in [-0.2, 0) is 11.3 Å². The number of hydrogen-bond donors (Lipinski definition) is 1. The number of aliphatic carboxylic acids is 1. The Morgan fingerprint density at radius 1 is 1.67 bits per heavy atom. The van der Waals surface area contributed by atoms with E-state index in [0.29, 0.717) is 5.56 Å². The Morgan fingerprint density at radius 3 is 2.67 bits per heavy atom. The topological polar surface area (TPSA) is 55.1 Å². The number of carbonyl (C=O) groups is 1. The lowest BCUT2D eigenvalue weighted by atomic mass is 10.2. The van der Waals surface area contributed by atoms with Crippen LogP contribution in [0.1, 0.15) is 24.6 Å². The lowest BCUT2D eigenvalue weighted by Gasteiger charge is -2.05. The third-order valence-electron chi connectivity index (χ3n) is 2.07. The first-order valence-corrected chi connectivity index (χ1v) is 4.46. The molecule has 0 bridgehead atoms. The number of aromatic nitrogens is 2. The van der Waals surface area contributed by atoms with Gasteiger partial charge in [-0.1, -0.05) is 6.92 Å². The van der Waals surface area contributed by atoms with Gasteiger partial charge in [-0.25, -0.2) is 8.78 Å². The molecular weight excluding hydrogens is 206 g/mol. The third-order valence-corrected chi connectivity index (χ3v) is 2.07. The average molecular weight is 218 g/mol. The Bertz CT molecular complexity index is 363. The molecule has 1 aromatic heterocycles. The van der Waals surface area contributed by atoms with Gasteiger partial charge in [0.2, 0.25) is 0 Å². The summed E-state index contributed by atoms with van der Waals surface area (Å²) in [5, 5.41) is 12.3. The van der Waals surface area contributed by atoms with Crippen molar-refractivity contribution in [1.82, 2.24) is 9.78 Å². The van der Waals surface area contributed by atoms with Crippen molar-refractivity contribution in [2.75, 3.05) is 0 Å². The van der Waals surface area contributed by atoms with Crippen LogP contribution >= 0.6 is 0 Å². The van der Waals surface area contributed by atoms with E-state index in [2.05, 4.69) is 5.10 Å². The van der Waals surface area contributed by atoms with Gasteiger partial charge in [-0.15, -0.1) is 0 Å². The third kappa shape index (κ3) is 2.74. The summed E-state index contributed by atoms with van der Waals surface area (Å²) in [5.41, 5.74) is 0.0928. The molecule has 0 unspecified atom stereocenters. The maximum absolute atomic E-state index is 12.3. The zero-order valence-electron chi connectivity index (χ0n) is 8.44. The second kappa shape index (κ2) is 4.37. The maximum Gasteiger partial charge on any atom is 0.308 e. The van der Waals surface area contributed by atoms with Crippen LogP contribution in [0, 0.1) is 12.8 Å². The van der Waals surface area contributed by atoms with Gasteiger partial charge in [0, 0.05) is 6.20 Å². The molecule has 0 aliphatic heterocycles. The van der Waals surface area contributed by atoms with Crippen molar-refractivity contribution in [1.29, 1.82) is 0 Å². The zero-order chi connectivity index (χ0) is 11.6. The highest BCUT2D eigenvalue weighted by Crippen LogP contribution is 2.20. The van der Waals surface area contributed by atoms with Crippen LogP contribution in [0.2, 0.25) is 0 Å². The standard InChI is InChI=1S/C9H12F2N2O2/c1-5-3-13(4-6(2)9(14)15)12-7(5)8(10)11/h3,6,8H,4H2,1-2H3,(H,14,15)/t6-/m1/s1. The molecule has 4 nitrogen and oxygen atoms in total. The Kier molecular flexibility index (Phi) is 3.39. The van der Waals surface area contributed by atoms with Gasteiger partial charge in [-0.05, 0) is 12.5 Å². The summed E-state index contributed by atoms with van der Waals surface area (Å²) in [5.74, 6) is -1.61. The fourth-order valence-electron chi connectivity index (χ4n) is 1.20. The summed E-state index contributed by atoms with van der Waals surface area (Å²) in [7, 11) is 0. The van der Waals surface area contributed by atoms with Gasteiger partial charge >= 0.3 is 5.97 Å². The number of alkyl halides is 2. The van der Waals surface area contributed by atoms with Crippen LogP contribution in [-0.4, -0.2) is 20.9 Å². The van der Waals surface area contributed by atoms with Crippen molar-refractivity contribution in [3.63, 3.8) is 0 Å². The first-order chi connectivity index (χ1) is 6.91. The molecule has 6 heteroatoms. The van der Waals surface area contributed by atoms with Crippen LogP contribution < -0.4 is 0 Å². The number of carboxylic acids is 1. The van der Waals surface area contributed by atoms with E-state index in [9.17, 15) is 13.6 Å². The Hall–Kier alpha value is -1.46. The van der Waals surface area contributed by atoms with Gasteiger partial charge in [-0.2, -0.15) is 5.10 Å². The summed E-state index contributed by atoms with van der Waals surface area (Å²) in [6, 6.07) is 0. The molecule has 0 aromatic carbocycles. The van der Waals surface area contributed by atoms with Crippen LogP contribution in [0.5, 0.6) is 0 Å². The minimum absolute atomic E-state index is 0.100. The number of aryl methyl sites for hydroxylation is 1. The summed E-state index contributed by atoms with van der Waals surface area (Å²) in [6.07, 6.45) is -1.19. The number of nitrogens with zero attached hydrogens (tertiary/aromatic N) is 2. The van der Waals surface area contributed by atoms with Crippen molar-refractivity contribution in [2.45, 2.75) is 26.8 Å². The van der Waals surface area contributed by atoms with Crippen LogP contribution in [0.15, 0.2) is 6.20 Å². The SMILES string of the molecule is Cc1cn(C[C@@H](C)C(=O)O)nc1C(F)F. The van der Waals surface area contributed by atoms with Gasteiger partial charge in [0.05, 0.1) is 12.5 Å². The van der Waals surface area contributed by atoms with E-state index in [1.165, 1.54) is 24.7 Å². The second-order valence-electron chi connectivity index (χ2n) is 3.46. The molecule has 0 saturated heterocycles. The van der Waals surface area contributed by atoms with Crippen molar-refractivity contribution in [3.8, 4) is 0 Å². The van der Waals surface area contributed by atoms with Crippen molar-refractivity contribution >= 4 is 5.97 Å². The Labute approximate surface area is 85.5 Å². The molecule has 0 amide bonds. The van der Waals surface area contributed by atoms with E-state index in [4.69, 9.17) is 5.11 Å². The predicted molar refractivity (Wildman–Crippen MR) is 48.7 cm³/mol. The van der Waals surface area contributed by atoms with Crippen LogP contribution in [0.4, 0.5) is 8.78 Å². The molecule has 0 aliphatic carbocycles. The minimum atomic E-state index is -2.62. The lowest BCUT2D eigenvalue weighted by Crippen LogP contribution is -2.17. The van der Waals surface area contributed by atoms with Crippen LogP contribution in [0.3, 0.4) is 0 Å². The Balaban J connectivity index is 2.79. The monoisotopic (exact) mass is 218 g/mol. The van der Waals surface area contributed by atoms with Crippen LogP contribution in [0.25, 0.3) is 0 Å². The van der Waals surface area contributed by atoms with Gasteiger partial charge in [0.25, 0.3) is 6.43 Å². The van der Waals surface area contributed by atoms with Gasteiger partial charge in [0.15, 0.2) is 0 Å². The number of rotatable bonds is 4. The molecule has 1 rings (SSSR count). The summed E-state index contributed by atoms with van der Waals surface area (Å²) in [4.78, 5) is 10.5. The molecule has 1 N–H and O–H groups in total. The van der Waals surface area contributed by atoms with E-state index in [1.807, 2.05) is 0 Å². The highest BCUT2D eigenvalue weighted by molar-refractivity contribution is 5.69. The number of hydrogen-bond acceptors (Lipinski definition) is 2. The lowest BCUT2D eigenvalue weighted by molar-refractivity contribution is -0.141. The fraction of sp³-hybridized carbons (Fsp3) is 0.556. The normalized spacial score (nSPS) is 13.1. The van der Waals surface area contributed by atoms with E-state index >= 15 is 0 Å². The van der Waals surface area contributed by atoms with Crippen molar-refractivity contribution < 1.29 is 18.7 Å². The van der Waals surface area contributed by atoms with E-state index in [-0.39, 0.29) is 12.2 Å². The van der Waals surface area contributed by atoms with E-state index in [1.54, 1.807) is 0 Å². The van der Waals surface area contributed by atoms with Gasteiger partial charge in [-0.3, -0.25) is 9.48 Å². The van der Waals surface area contributed by atoms with Gasteiger partial charge in [0.1, 0.15) is 5.69 Å².